The van der Waals surface area contributed by atoms with Crippen LogP contribution >= 0.6 is 8.25 Å². The Bertz CT molecular complexity index is 242. The zero-order valence-corrected chi connectivity index (χ0v) is 11.5. The fraction of sp³-hybridized carbons (Fsp3) is 0.900. The molecule has 7 nitrogen and oxygen atoms in total. The maximum Gasteiger partial charge on any atom is 0.320 e. The molecule has 0 saturated carbocycles. The van der Waals surface area contributed by atoms with Crippen molar-refractivity contribution >= 4 is 14.2 Å². The van der Waals surface area contributed by atoms with Crippen LogP contribution in [-0.4, -0.2) is 36.9 Å². The number of carboxylic acids is 1. The second-order valence-corrected chi connectivity index (χ2v) is 4.96. The van der Waals surface area contributed by atoms with Crippen molar-refractivity contribution in [3.05, 3.63) is 0 Å². The lowest BCUT2D eigenvalue weighted by atomic mass is 10.1. The quantitative estimate of drug-likeness (QED) is 0.501. The lowest BCUT2D eigenvalue weighted by molar-refractivity contribution is -0.138. The fourth-order valence-corrected chi connectivity index (χ4v) is 1.89. The Kier molecular flexibility index (Phi) is 11.3. The Labute approximate surface area is 108 Å². The van der Waals surface area contributed by atoms with Gasteiger partial charge in [-0.15, -0.1) is 0 Å². The molecule has 1 aliphatic heterocycles. The predicted octanol–water partition coefficient (Wildman–Crippen LogP) is 0.730. The molecule has 0 aliphatic carbocycles. The van der Waals surface area contributed by atoms with Crippen LogP contribution < -0.4 is 11.5 Å². The van der Waals surface area contributed by atoms with Gasteiger partial charge in [-0.05, 0) is 32.2 Å². The van der Waals surface area contributed by atoms with E-state index in [-0.39, 0.29) is 0 Å². The van der Waals surface area contributed by atoms with Crippen LogP contribution in [0.15, 0.2) is 0 Å². The minimum atomic E-state index is -2.08. The number of hydrogen-bond donors (Lipinski definition) is 3. The van der Waals surface area contributed by atoms with E-state index in [0.717, 1.165) is 25.7 Å². The summed E-state index contributed by atoms with van der Waals surface area (Å²) in [4.78, 5) is 10.1. The highest BCUT2D eigenvalue weighted by molar-refractivity contribution is 7.33. The Morgan fingerprint density at radius 2 is 1.83 bits per heavy atom. The lowest BCUT2D eigenvalue weighted by Gasteiger charge is -2.03. The molecule has 0 radical (unpaired) electrons. The molecule has 1 heterocycles. The molecule has 5 N–H and O–H groups in total. The van der Waals surface area contributed by atoms with E-state index in [1.54, 1.807) is 0 Å². The average molecular weight is 282 g/mol. The zero-order chi connectivity index (χ0) is 13.8. The minimum absolute atomic E-state index is 0.520. The van der Waals surface area contributed by atoms with Crippen LogP contribution in [0.4, 0.5) is 0 Å². The van der Waals surface area contributed by atoms with Gasteiger partial charge >= 0.3 is 14.2 Å². The average Bonchev–Trinajstić information content (AvgIpc) is 2.58. The first-order valence-corrected chi connectivity index (χ1v) is 7.28. The standard InChI is InChI=1S/C6H14N2O2.C4H9O3P/c7-4-2-1-3-5(8)6(9)10;5-8-6-3-1-2-4-7-8/h5H,1-4,7-8H2,(H,9,10);8H,1-4H2. The first kappa shape index (κ1) is 17.5. The molecule has 0 aromatic carbocycles. The molecule has 1 unspecified atom stereocenters. The van der Waals surface area contributed by atoms with Crippen molar-refractivity contribution < 1.29 is 23.5 Å². The van der Waals surface area contributed by atoms with E-state index in [1.165, 1.54) is 0 Å². The van der Waals surface area contributed by atoms with Crippen LogP contribution in [0.1, 0.15) is 32.1 Å². The summed E-state index contributed by atoms with van der Waals surface area (Å²) in [5.74, 6) is -0.933. The molecular weight excluding hydrogens is 259 g/mol. The highest BCUT2D eigenvalue weighted by Gasteiger charge is 2.09. The Morgan fingerprint density at radius 1 is 1.28 bits per heavy atom. The monoisotopic (exact) mass is 282 g/mol. The smallest absolute Gasteiger partial charge is 0.320 e. The molecule has 1 atom stereocenters. The van der Waals surface area contributed by atoms with E-state index in [1.807, 2.05) is 0 Å². The molecule has 8 heteroatoms. The van der Waals surface area contributed by atoms with E-state index < -0.39 is 20.3 Å². The van der Waals surface area contributed by atoms with Crippen LogP contribution in [0, 0.1) is 0 Å². The van der Waals surface area contributed by atoms with Crippen molar-refractivity contribution in [2.24, 2.45) is 11.5 Å². The topological polar surface area (TPSA) is 125 Å². The van der Waals surface area contributed by atoms with Crippen LogP contribution in [0.25, 0.3) is 0 Å². The highest BCUT2D eigenvalue weighted by atomic mass is 31.1. The molecule has 0 aromatic heterocycles. The first-order valence-electron chi connectivity index (χ1n) is 6.06. The van der Waals surface area contributed by atoms with Crippen LogP contribution in [0.5, 0.6) is 0 Å². The van der Waals surface area contributed by atoms with Gasteiger partial charge in [0.2, 0.25) is 0 Å². The van der Waals surface area contributed by atoms with Crippen molar-refractivity contribution in [3.8, 4) is 0 Å². The van der Waals surface area contributed by atoms with Gasteiger partial charge in [0.1, 0.15) is 6.04 Å². The number of nitrogens with two attached hydrogens (primary N) is 2. The van der Waals surface area contributed by atoms with Gasteiger partial charge in [0.25, 0.3) is 0 Å². The summed E-state index contributed by atoms with van der Waals surface area (Å²) in [5, 5.41) is 8.33. The predicted molar refractivity (Wildman–Crippen MR) is 68.7 cm³/mol. The molecule has 0 bridgehead atoms. The summed E-state index contributed by atoms with van der Waals surface area (Å²) in [6.07, 6.45) is 4.10. The molecule has 18 heavy (non-hydrogen) atoms. The largest absolute Gasteiger partial charge is 0.480 e. The third-order valence-corrected chi connectivity index (χ3v) is 3.14. The highest BCUT2D eigenvalue weighted by Crippen LogP contribution is 2.26. The Hall–Kier alpha value is -0.460. The second kappa shape index (κ2) is 11.6. The molecule has 1 rings (SSSR count). The van der Waals surface area contributed by atoms with Gasteiger partial charge in [0.05, 0.1) is 13.2 Å². The van der Waals surface area contributed by atoms with Gasteiger partial charge in [-0.1, -0.05) is 6.42 Å². The van der Waals surface area contributed by atoms with Gasteiger partial charge in [-0.2, -0.15) is 0 Å². The van der Waals surface area contributed by atoms with E-state index in [0.29, 0.717) is 26.2 Å². The van der Waals surface area contributed by atoms with Crippen molar-refractivity contribution in [3.63, 3.8) is 0 Å². The van der Waals surface area contributed by atoms with E-state index in [4.69, 9.17) is 25.6 Å². The van der Waals surface area contributed by atoms with Gasteiger partial charge < -0.3 is 25.6 Å². The number of aliphatic carboxylic acids is 1. The summed E-state index contributed by atoms with van der Waals surface area (Å²) >= 11 is 0. The maximum atomic E-state index is 10.4. The molecule has 1 saturated heterocycles. The SMILES string of the molecule is NCCCCC(N)C(=O)O.O=[PH]1OCCCCO1. The van der Waals surface area contributed by atoms with Crippen molar-refractivity contribution in [1.29, 1.82) is 0 Å². The summed E-state index contributed by atoms with van der Waals surface area (Å²) in [7, 11) is -2.08. The normalized spacial score (nSPS) is 18.3. The Balaban J connectivity index is 0.000000327. The summed E-state index contributed by atoms with van der Waals surface area (Å²) in [5.41, 5.74) is 10.4. The van der Waals surface area contributed by atoms with E-state index in [9.17, 15) is 9.36 Å². The number of unbranched alkanes of at least 4 members (excludes halogenated alkanes) is 1. The molecule has 0 aromatic rings. The third kappa shape index (κ3) is 10.7. The summed E-state index contributed by atoms with van der Waals surface area (Å²) < 4.78 is 19.9. The van der Waals surface area contributed by atoms with Gasteiger partial charge in [0, 0.05) is 0 Å². The van der Waals surface area contributed by atoms with Crippen LogP contribution in [0.2, 0.25) is 0 Å². The number of carboxylic acid groups (broad SMARTS) is 1. The molecule has 108 valence electrons. The lowest BCUT2D eigenvalue weighted by Crippen LogP contribution is -2.29. The van der Waals surface area contributed by atoms with E-state index in [2.05, 4.69) is 0 Å². The number of rotatable bonds is 5. The zero-order valence-electron chi connectivity index (χ0n) is 10.5. The van der Waals surface area contributed by atoms with Gasteiger partial charge in [-0.25, -0.2) is 0 Å². The van der Waals surface area contributed by atoms with E-state index >= 15 is 0 Å². The first-order chi connectivity index (χ1) is 8.57. The molecule has 0 amide bonds. The Morgan fingerprint density at radius 3 is 2.28 bits per heavy atom. The maximum absolute atomic E-state index is 10.4. The summed E-state index contributed by atoms with van der Waals surface area (Å²) in [6.45, 7) is 1.79. The summed E-state index contributed by atoms with van der Waals surface area (Å²) in [6, 6.07) is -0.716. The van der Waals surface area contributed by atoms with Crippen molar-refractivity contribution in [2.45, 2.75) is 38.1 Å². The molecule has 0 spiro atoms. The van der Waals surface area contributed by atoms with Crippen LogP contribution in [0.3, 0.4) is 0 Å². The fourth-order valence-electron chi connectivity index (χ4n) is 1.19. The molecule has 1 aliphatic rings. The number of carbonyl (C=O) groups is 1. The van der Waals surface area contributed by atoms with Gasteiger partial charge in [0.15, 0.2) is 0 Å². The molecule has 1 fully saturated rings. The molecular formula is C10H23N2O5P. The van der Waals surface area contributed by atoms with Crippen LogP contribution in [-0.2, 0) is 18.4 Å². The second-order valence-electron chi connectivity index (χ2n) is 3.88. The third-order valence-electron chi connectivity index (χ3n) is 2.26. The number of hydrogen-bond acceptors (Lipinski definition) is 6. The van der Waals surface area contributed by atoms with Crippen molar-refractivity contribution in [1.82, 2.24) is 0 Å². The van der Waals surface area contributed by atoms with Crippen molar-refractivity contribution in [2.75, 3.05) is 19.8 Å². The minimum Gasteiger partial charge on any atom is -0.480 e. The van der Waals surface area contributed by atoms with Gasteiger partial charge in [-0.3, -0.25) is 9.36 Å².